The summed E-state index contributed by atoms with van der Waals surface area (Å²) in [6.45, 7) is 2.99. The van der Waals surface area contributed by atoms with Crippen molar-refractivity contribution in [3.63, 3.8) is 0 Å². The molecule has 1 heterocycles. The summed E-state index contributed by atoms with van der Waals surface area (Å²) >= 11 is 6.95. The van der Waals surface area contributed by atoms with Crippen LogP contribution in [0.3, 0.4) is 0 Å². The predicted molar refractivity (Wildman–Crippen MR) is 92.8 cm³/mol. The van der Waals surface area contributed by atoms with E-state index in [1.54, 1.807) is 7.11 Å². The number of nitrogens with zero attached hydrogens (tertiary/aromatic N) is 1. The van der Waals surface area contributed by atoms with E-state index in [4.69, 9.17) is 4.74 Å². The number of hydrogen-bond donors (Lipinski definition) is 1. The summed E-state index contributed by atoms with van der Waals surface area (Å²) in [6.07, 6.45) is 2.66. The number of hydrogen-bond acceptors (Lipinski definition) is 3. The summed E-state index contributed by atoms with van der Waals surface area (Å²) in [4.78, 5) is 4.51. The van der Waals surface area contributed by atoms with Crippen LogP contribution in [0, 0.1) is 0 Å². The van der Waals surface area contributed by atoms with Gasteiger partial charge in [-0.15, -0.1) is 0 Å². The third kappa shape index (κ3) is 4.53. The number of pyridine rings is 1. The lowest BCUT2D eigenvalue weighted by Crippen LogP contribution is -2.24. The van der Waals surface area contributed by atoms with E-state index in [1.807, 2.05) is 30.5 Å². The molecule has 5 heteroatoms. The maximum atomic E-state index is 5.46. The Labute approximate surface area is 142 Å². The Bertz CT molecular complexity index is 587. The number of nitrogens with one attached hydrogen (secondary N) is 1. The van der Waals surface area contributed by atoms with Crippen LogP contribution >= 0.6 is 31.9 Å². The Morgan fingerprint density at radius 3 is 2.57 bits per heavy atom. The highest BCUT2D eigenvalue weighted by molar-refractivity contribution is 9.10. The van der Waals surface area contributed by atoms with Gasteiger partial charge >= 0.3 is 0 Å². The number of likely N-dealkylation sites (N-methyl/N-ethyl adjacent to an activating group) is 1. The molecule has 1 atom stereocenters. The van der Waals surface area contributed by atoms with E-state index in [0.717, 1.165) is 38.9 Å². The first-order valence-corrected chi connectivity index (χ1v) is 8.40. The predicted octanol–water partition coefficient (Wildman–Crippen LogP) is 4.51. The molecular formula is C16H18Br2N2O. The van der Waals surface area contributed by atoms with Crippen molar-refractivity contribution in [1.82, 2.24) is 10.3 Å². The highest BCUT2D eigenvalue weighted by Crippen LogP contribution is 2.27. The van der Waals surface area contributed by atoms with Gasteiger partial charge in [-0.25, -0.2) is 0 Å². The second-order valence-corrected chi connectivity index (χ2v) is 6.50. The van der Waals surface area contributed by atoms with Gasteiger partial charge in [0.25, 0.3) is 0 Å². The van der Waals surface area contributed by atoms with E-state index in [-0.39, 0.29) is 6.04 Å². The summed E-state index contributed by atoms with van der Waals surface area (Å²) in [6, 6.07) is 10.3. The molecule has 0 saturated carbocycles. The molecule has 1 N–H and O–H groups in total. The van der Waals surface area contributed by atoms with Crippen LogP contribution in [0.1, 0.15) is 24.2 Å². The summed E-state index contributed by atoms with van der Waals surface area (Å²) < 4.78 is 7.50. The number of benzene rings is 1. The Morgan fingerprint density at radius 2 is 1.95 bits per heavy atom. The zero-order valence-corrected chi connectivity index (χ0v) is 15.2. The molecule has 21 heavy (non-hydrogen) atoms. The molecule has 112 valence electrons. The topological polar surface area (TPSA) is 34.1 Å². The Hall–Kier alpha value is -0.910. The molecule has 2 aromatic rings. The average Bonchev–Trinajstić information content (AvgIpc) is 2.48. The van der Waals surface area contributed by atoms with Gasteiger partial charge in [-0.2, -0.15) is 0 Å². The standard InChI is InChI=1S/C16H18Br2N2O/c1-3-19-15(14-6-4-13(18)10-20-14)9-11-8-12(17)5-7-16(11)21-2/h4-8,10,15,19H,3,9H2,1-2H3. The van der Waals surface area contributed by atoms with Gasteiger partial charge < -0.3 is 10.1 Å². The van der Waals surface area contributed by atoms with Crippen molar-refractivity contribution in [2.24, 2.45) is 0 Å². The van der Waals surface area contributed by atoms with Crippen LogP contribution in [0.25, 0.3) is 0 Å². The maximum absolute atomic E-state index is 5.46. The number of halogens is 2. The summed E-state index contributed by atoms with van der Waals surface area (Å²) in [5.41, 5.74) is 2.18. The molecule has 0 radical (unpaired) electrons. The molecule has 2 rings (SSSR count). The molecule has 1 aromatic carbocycles. The van der Waals surface area contributed by atoms with Crippen LogP contribution in [-0.2, 0) is 6.42 Å². The van der Waals surface area contributed by atoms with Gasteiger partial charge in [0.1, 0.15) is 5.75 Å². The first kappa shape index (κ1) is 16.5. The minimum Gasteiger partial charge on any atom is -0.496 e. The van der Waals surface area contributed by atoms with E-state index >= 15 is 0 Å². The summed E-state index contributed by atoms with van der Waals surface area (Å²) in [5, 5.41) is 3.49. The third-order valence-corrected chi connectivity index (χ3v) is 4.19. The van der Waals surface area contributed by atoms with Crippen molar-refractivity contribution in [3.05, 3.63) is 56.7 Å². The van der Waals surface area contributed by atoms with Gasteiger partial charge in [-0.05, 0) is 64.8 Å². The molecule has 0 saturated heterocycles. The first-order valence-electron chi connectivity index (χ1n) is 6.81. The fourth-order valence-electron chi connectivity index (χ4n) is 2.25. The van der Waals surface area contributed by atoms with Gasteiger partial charge in [0.05, 0.1) is 18.8 Å². The Balaban J connectivity index is 2.27. The van der Waals surface area contributed by atoms with Gasteiger partial charge in [-0.3, -0.25) is 4.98 Å². The van der Waals surface area contributed by atoms with E-state index in [9.17, 15) is 0 Å². The first-order chi connectivity index (χ1) is 10.1. The molecule has 0 aliphatic carbocycles. The maximum Gasteiger partial charge on any atom is 0.122 e. The highest BCUT2D eigenvalue weighted by Gasteiger charge is 2.15. The molecule has 0 aliphatic heterocycles. The largest absolute Gasteiger partial charge is 0.496 e. The van der Waals surface area contributed by atoms with Crippen LogP contribution < -0.4 is 10.1 Å². The molecule has 0 aliphatic rings. The van der Waals surface area contributed by atoms with Crippen LogP contribution in [0.4, 0.5) is 0 Å². The molecule has 1 aromatic heterocycles. The minimum atomic E-state index is 0.159. The lowest BCUT2D eigenvalue weighted by atomic mass is 10.0. The van der Waals surface area contributed by atoms with Crippen molar-refractivity contribution in [3.8, 4) is 5.75 Å². The van der Waals surface area contributed by atoms with E-state index in [1.165, 1.54) is 0 Å². The van der Waals surface area contributed by atoms with E-state index < -0.39 is 0 Å². The quantitative estimate of drug-likeness (QED) is 0.756. The van der Waals surface area contributed by atoms with Crippen molar-refractivity contribution in [2.45, 2.75) is 19.4 Å². The van der Waals surface area contributed by atoms with Gasteiger partial charge in [0.15, 0.2) is 0 Å². The highest BCUT2D eigenvalue weighted by atomic mass is 79.9. The smallest absolute Gasteiger partial charge is 0.122 e. The van der Waals surface area contributed by atoms with Crippen LogP contribution in [0.2, 0.25) is 0 Å². The molecule has 3 nitrogen and oxygen atoms in total. The third-order valence-electron chi connectivity index (χ3n) is 3.22. The monoisotopic (exact) mass is 412 g/mol. The second kappa shape index (κ2) is 7.92. The number of ether oxygens (including phenoxy) is 1. The van der Waals surface area contributed by atoms with Gasteiger partial charge in [0.2, 0.25) is 0 Å². The van der Waals surface area contributed by atoms with Crippen LogP contribution in [0.15, 0.2) is 45.5 Å². The molecule has 0 spiro atoms. The van der Waals surface area contributed by atoms with Gasteiger partial charge in [-0.1, -0.05) is 22.9 Å². The lowest BCUT2D eigenvalue weighted by molar-refractivity contribution is 0.405. The van der Waals surface area contributed by atoms with Crippen molar-refractivity contribution < 1.29 is 4.74 Å². The minimum absolute atomic E-state index is 0.159. The summed E-state index contributed by atoms with van der Waals surface area (Å²) in [5.74, 6) is 0.901. The van der Waals surface area contributed by atoms with Crippen molar-refractivity contribution >= 4 is 31.9 Å². The normalized spacial score (nSPS) is 12.2. The lowest BCUT2D eigenvalue weighted by Gasteiger charge is -2.19. The zero-order valence-electron chi connectivity index (χ0n) is 12.1. The van der Waals surface area contributed by atoms with Crippen LogP contribution in [0.5, 0.6) is 5.75 Å². The van der Waals surface area contributed by atoms with E-state index in [2.05, 4.69) is 55.2 Å². The number of rotatable bonds is 6. The van der Waals surface area contributed by atoms with Crippen LogP contribution in [-0.4, -0.2) is 18.6 Å². The molecule has 0 amide bonds. The Morgan fingerprint density at radius 1 is 1.19 bits per heavy atom. The zero-order chi connectivity index (χ0) is 15.2. The molecule has 0 fully saturated rings. The fraction of sp³-hybridized carbons (Fsp3) is 0.312. The number of aromatic nitrogens is 1. The summed E-state index contributed by atoms with van der Waals surface area (Å²) in [7, 11) is 1.70. The SMILES string of the molecule is CCNC(Cc1cc(Br)ccc1OC)c1ccc(Br)cn1. The molecule has 0 bridgehead atoms. The Kier molecular flexibility index (Phi) is 6.21. The fourth-order valence-corrected chi connectivity index (χ4v) is 2.89. The van der Waals surface area contributed by atoms with Crippen molar-refractivity contribution in [2.75, 3.05) is 13.7 Å². The second-order valence-electron chi connectivity index (χ2n) is 4.67. The average molecular weight is 414 g/mol. The molecule has 1 unspecified atom stereocenters. The van der Waals surface area contributed by atoms with E-state index in [0.29, 0.717) is 0 Å². The van der Waals surface area contributed by atoms with Crippen molar-refractivity contribution in [1.29, 1.82) is 0 Å². The van der Waals surface area contributed by atoms with Gasteiger partial charge in [0, 0.05) is 15.1 Å². The number of methoxy groups -OCH3 is 1. The molecular weight excluding hydrogens is 396 g/mol.